The van der Waals surface area contributed by atoms with Gasteiger partial charge < -0.3 is 14.3 Å². The lowest BCUT2D eigenvalue weighted by atomic mass is 9.92. The number of hydrogen-bond acceptors (Lipinski definition) is 5. The lowest BCUT2D eigenvalue weighted by Gasteiger charge is -2.18. The second-order valence-corrected chi connectivity index (χ2v) is 6.26. The van der Waals surface area contributed by atoms with Gasteiger partial charge in [0.05, 0.1) is 13.0 Å². The number of ether oxygens (including phenoxy) is 2. The molecule has 122 valence electrons. The highest BCUT2D eigenvalue weighted by atomic mass is 16.5. The zero-order chi connectivity index (χ0) is 16.1. The van der Waals surface area contributed by atoms with Crippen LogP contribution in [0, 0.1) is 17.8 Å². The van der Waals surface area contributed by atoms with Crippen LogP contribution in [0.15, 0.2) is 11.6 Å². The first-order valence-electron chi connectivity index (χ1n) is 7.92. The van der Waals surface area contributed by atoms with E-state index < -0.39 is 0 Å². The van der Waals surface area contributed by atoms with Gasteiger partial charge in [-0.25, -0.2) is 0 Å². The molecule has 0 unspecified atom stereocenters. The van der Waals surface area contributed by atoms with Gasteiger partial charge in [-0.1, -0.05) is 11.6 Å². The maximum Gasteiger partial charge on any atom is 0.305 e. The van der Waals surface area contributed by atoms with Crippen molar-refractivity contribution in [1.29, 1.82) is 0 Å². The highest BCUT2D eigenvalue weighted by Crippen LogP contribution is 2.50. The SMILES string of the molecule is COC(=O)CCCC=C1C[C@@H]2C[C@@H](OC(C)=O)[C@H](C=O)[C@@H]2C1. The van der Waals surface area contributed by atoms with E-state index in [0.717, 1.165) is 38.4 Å². The van der Waals surface area contributed by atoms with Gasteiger partial charge >= 0.3 is 11.9 Å². The topological polar surface area (TPSA) is 69.7 Å². The molecule has 0 aromatic rings. The largest absolute Gasteiger partial charge is 0.469 e. The van der Waals surface area contributed by atoms with Gasteiger partial charge in [0.25, 0.3) is 0 Å². The van der Waals surface area contributed by atoms with Crippen LogP contribution in [0.4, 0.5) is 0 Å². The summed E-state index contributed by atoms with van der Waals surface area (Å²) in [6.07, 6.45) is 7.68. The number of fused-ring (bicyclic) bond motifs is 1. The summed E-state index contributed by atoms with van der Waals surface area (Å²) in [6.45, 7) is 1.39. The van der Waals surface area contributed by atoms with Gasteiger partial charge in [0.15, 0.2) is 0 Å². The van der Waals surface area contributed by atoms with E-state index in [4.69, 9.17) is 4.74 Å². The molecule has 5 nitrogen and oxygen atoms in total. The number of carbonyl (C=O) groups is 3. The van der Waals surface area contributed by atoms with Crippen LogP contribution in [0.1, 0.15) is 45.4 Å². The van der Waals surface area contributed by atoms with E-state index in [1.807, 2.05) is 0 Å². The summed E-state index contributed by atoms with van der Waals surface area (Å²) in [7, 11) is 1.40. The van der Waals surface area contributed by atoms with Crippen molar-refractivity contribution in [2.75, 3.05) is 7.11 Å². The molecule has 4 atom stereocenters. The molecule has 0 saturated heterocycles. The highest BCUT2D eigenvalue weighted by molar-refractivity contribution is 5.69. The average molecular weight is 308 g/mol. The Labute approximate surface area is 131 Å². The molecule has 2 saturated carbocycles. The van der Waals surface area contributed by atoms with Crippen LogP contribution in [0.5, 0.6) is 0 Å². The fraction of sp³-hybridized carbons (Fsp3) is 0.706. The van der Waals surface area contributed by atoms with Gasteiger partial charge in [-0.2, -0.15) is 0 Å². The Morgan fingerprint density at radius 3 is 2.73 bits per heavy atom. The van der Waals surface area contributed by atoms with Crippen LogP contribution in [-0.4, -0.2) is 31.4 Å². The molecule has 0 amide bonds. The van der Waals surface area contributed by atoms with Crippen molar-refractivity contribution in [3.05, 3.63) is 11.6 Å². The lowest BCUT2D eigenvalue weighted by molar-refractivity contribution is -0.149. The van der Waals surface area contributed by atoms with E-state index >= 15 is 0 Å². The van der Waals surface area contributed by atoms with Crippen LogP contribution >= 0.6 is 0 Å². The van der Waals surface area contributed by atoms with Crippen molar-refractivity contribution >= 4 is 18.2 Å². The predicted octanol–water partition coefficient (Wildman–Crippen LogP) is 2.43. The van der Waals surface area contributed by atoms with E-state index in [9.17, 15) is 14.4 Å². The maximum atomic E-state index is 11.4. The zero-order valence-corrected chi connectivity index (χ0v) is 13.2. The van der Waals surface area contributed by atoms with Crippen LogP contribution in [0.2, 0.25) is 0 Å². The number of unbranched alkanes of at least 4 members (excludes halogenated alkanes) is 1. The number of methoxy groups -OCH3 is 1. The predicted molar refractivity (Wildman–Crippen MR) is 79.9 cm³/mol. The van der Waals surface area contributed by atoms with Gasteiger partial charge in [0, 0.05) is 13.3 Å². The molecular weight excluding hydrogens is 284 g/mol. The molecule has 2 aliphatic rings. The molecule has 0 aromatic heterocycles. The van der Waals surface area contributed by atoms with Gasteiger partial charge in [-0.05, 0) is 43.9 Å². The lowest BCUT2D eigenvalue weighted by Crippen LogP contribution is -2.25. The summed E-state index contributed by atoms with van der Waals surface area (Å²) in [4.78, 5) is 33.5. The quantitative estimate of drug-likeness (QED) is 0.326. The number of carbonyl (C=O) groups excluding carboxylic acids is 3. The van der Waals surface area contributed by atoms with E-state index in [2.05, 4.69) is 10.8 Å². The third-order valence-electron chi connectivity index (χ3n) is 4.81. The Kier molecular flexibility index (Phi) is 5.75. The average Bonchev–Trinajstić information content (AvgIpc) is 2.99. The fourth-order valence-corrected chi connectivity index (χ4v) is 3.83. The van der Waals surface area contributed by atoms with Crippen LogP contribution in [0.3, 0.4) is 0 Å². The molecule has 0 radical (unpaired) electrons. The molecular formula is C17H24O5. The molecule has 0 spiro atoms. The normalized spacial score (nSPS) is 31.8. The smallest absolute Gasteiger partial charge is 0.305 e. The van der Waals surface area contributed by atoms with Gasteiger partial charge in [0.1, 0.15) is 12.4 Å². The van der Waals surface area contributed by atoms with Crippen LogP contribution in [0.25, 0.3) is 0 Å². The number of hydrogen-bond donors (Lipinski definition) is 0. The summed E-state index contributed by atoms with van der Waals surface area (Å²) < 4.78 is 9.90. The summed E-state index contributed by atoms with van der Waals surface area (Å²) in [6, 6.07) is 0. The second kappa shape index (κ2) is 7.56. The van der Waals surface area contributed by atoms with Crippen LogP contribution in [-0.2, 0) is 23.9 Å². The first-order valence-corrected chi connectivity index (χ1v) is 7.92. The minimum atomic E-state index is -0.310. The summed E-state index contributed by atoms with van der Waals surface area (Å²) >= 11 is 0. The third-order valence-corrected chi connectivity index (χ3v) is 4.81. The molecule has 2 aliphatic carbocycles. The standard InChI is InChI=1S/C17H24O5/c1-11(19)22-16-9-13-7-12(8-14(13)15(16)10-18)5-3-4-6-17(20)21-2/h5,10,13-16H,3-4,6-9H2,1-2H3/t13-,14-,15-,16-/m1/s1. The maximum absolute atomic E-state index is 11.4. The Morgan fingerprint density at radius 2 is 2.09 bits per heavy atom. The van der Waals surface area contributed by atoms with Crippen molar-refractivity contribution in [1.82, 2.24) is 0 Å². The molecule has 0 aliphatic heterocycles. The molecule has 0 aromatic carbocycles. The molecule has 5 heteroatoms. The first kappa shape index (κ1) is 16.7. The van der Waals surface area contributed by atoms with Crippen molar-refractivity contribution < 1.29 is 23.9 Å². The molecule has 0 bridgehead atoms. The summed E-state index contributed by atoms with van der Waals surface area (Å²) in [5, 5.41) is 0. The number of allylic oxidation sites excluding steroid dienone is 2. The van der Waals surface area contributed by atoms with E-state index in [1.165, 1.54) is 19.6 Å². The van der Waals surface area contributed by atoms with Crippen molar-refractivity contribution in [3.8, 4) is 0 Å². The van der Waals surface area contributed by atoms with E-state index in [1.54, 1.807) is 0 Å². The first-order chi connectivity index (χ1) is 10.5. The van der Waals surface area contributed by atoms with Gasteiger partial charge in [-0.3, -0.25) is 9.59 Å². The molecule has 2 fully saturated rings. The molecule has 0 N–H and O–H groups in total. The monoisotopic (exact) mass is 308 g/mol. The number of aldehydes is 1. The van der Waals surface area contributed by atoms with E-state index in [-0.39, 0.29) is 24.0 Å². The number of rotatable bonds is 6. The van der Waals surface area contributed by atoms with Crippen LogP contribution < -0.4 is 0 Å². The third kappa shape index (κ3) is 3.96. The Bertz CT molecular complexity index is 468. The van der Waals surface area contributed by atoms with Crippen molar-refractivity contribution in [3.63, 3.8) is 0 Å². The Hall–Kier alpha value is -1.65. The molecule has 22 heavy (non-hydrogen) atoms. The van der Waals surface area contributed by atoms with Crippen molar-refractivity contribution in [2.45, 2.75) is 51.6 Å². The zero-order valence-electron chi connectivity index (χ0n) is 13.2. The van der Waals surface area contributed by atoms with Gasteiger partial charge in [-0.15, -0.1) is 0 Å². The van der Waals surface area contributed by atoms with Gasteiger partial charge in [0.2, 0.25) is 0 Å². The summed E-state index contributed by atoms with van der Waals surface area (Å²) in [5.74, 6) is 0.0808. The highest BCUT2D eigenvalue weighted by Gasteiger charge is 2.48. The minimum Gasteiger partial charge on any atom is -0.469 e. The second-order valence-electron chi connectivity index (χ2n) is 6.26. The molecule has 0 heterocycles. The molecule has 2 rings (SSSR count). The Balaban J connectivity index is 1.84. The fourth-order valence-electron chi connectivity index (χ4n) is 3.83. The minimum absolute atomic E-state index is 0.171. The number of esters is 2. The Morgan fingerprint density at radius 1 is 1.32 bits per heavy atom. The van der Waals surface area contributed by atoms with Crippen molar-refractivity contribution in [2.24, 2.45) is 17.8 Å². The summed E-state index contributed by atoms with van der Waals surface area (Å²) in [5.41, 5.74) is 1.37. The van der Waals surface area contributed by atoms with E-state index in [0.29, 0.717) is 18.3 Å².